The molecule has 0 saturated carbocycles. The van der Waals surface area contributed by atoms with E-state index in [9.17, 15) is 13.2 Å². The monoisotopic (exact) mass is 436 g/mol. The maximum absolute atomic E-state index is 13.2. The number of carbonyl (C=O) groups excluding carboxylic acids is 1. The average Bonchev–Trinajstić information content (AvgIpc) is 2.76. The number of nitrogens with one attached hydrogen (secondary N) is 1. The molecular weight excluding hydrogens is 412 g/mol. The highest BCUT2D eigenvalue weighted by molar-refractivity contribution is 7.89. The normalized spacial score (nSPS) is 15.4. The summed E-state index contributed by atoms with van der Waals surface area (Å²) in [5, 5.41) is 2.81. The number of benzene rings is 2. The molecule has 2 heterocycles. The van der Waals surface area contributed by atoms with Gasteiger partial charge in [-0.3, -0.25) is 4.79 Å². The van der Waals surface area contributed by atoms with Crippen LogP contribution in [0.5, 0.6) is 0 Å². The number of rotatable bonds is 5. The first-order chi connectivity index (χ1) is 14.8. The number of anilines is 2. The largest absolute Gasteiger partial charge is 0.351 e. The third kappa shape index (κ3) is 4.45. The van der Waals surface area contributed by atoms with Crippen molar-refractivity contribution >= 4 is 27.4 Å². The van der Waals surface area contributed by atoms with Crippen molar-refractivity contribution < 1.29 is 13.2 Å². The Morgan fingerprint density at radius 3 is 2.32 bits per heavy atom. The Kier molecular flexibility index (Phi) is 5.75. The van der Waals surface area contributed by atoms with E-state index in [0.717, 1.165) is 22.4 Å². The van der Waals surface area contributed by atoms with Crippen LogP contribution in [0, 0.1) is 13.8 Å². The standard InChI is InChI=1S/C23H24N4O3S/c1-17-5-9-19(10-6-17)14-25-22(28)15-26-16-27(20-11-7-18(2)8-12-20)23-21(31(26,29)30)4-3-13-24-23/h3-13H,14-16H2,1-2H3,(H,25,28). The molecule has 1 aliphatic rings. The Balaban J connectivity index is 1.56. The molecule has 1 amide bonds. The fraction of sp³-hybridized carbons (Fsp3) is 0.217. The zero-order chi connectivity index (χ0) is 22.0. The Labute approximate surface area is 182 Å². The molecule has 0 saturated heterocycles. The summed E-state index contributed by atoms with van der Waals surface area (Å²) in [6, 6.07) is 18.7. The second-order valence-corrected chi connectivity index (χ2v) is 9.51. The minimum atomic E-state index is -3.85. The first kappa shape index (κ1) is 21.0. The van der Waals surface area contributed by atoms with E-state index in [0.29, 0.717) is 12.4 Å². The highest BCUT2D eigenvalue weighted by Crippen LogP contribution is 2.35. The van der Waals surface area contributed by atoms with Crippen molar-refractivity contribution in [2.24, 2.45) is 0 Å². The van der Waals surface area contributed by atoms with E-state index < -0.39 is 10.0 Å². The number of pyridine rings is 1. The Morgan fingerprint density at radius 2 is 1.65 bits per heavy atom. The van der Waals surface area contributed by atoms with Crippen LogP contribution in [0.1, 0.15) is 16.7 Å². The first-order valence-electron chi connectivity index (χ1n) is 9.96. The van der Waals surface area contributed by atoms with E-state index in [4.69, 9.17) is 0 Å². The molecular formula is C23H24N4O3S. The van der Waals surface area contributed by atoms with Gasteiger partial charge >= 0.3 is 0 Å². The van der Waals surface area contributed by atoms with Gasteiger partial charge in [0, 0.05) is 18.4 Å². The van der Waals surface area contributed by atoms with Gasteiger partial charge in [0.05, 0.1) is 13.2 Å². The summed E-state index contributed by atoms with van der Waals surface area (Å²) in [4.78, 5) is 18.8. The fourth-order valence-corrected chi connectivity index (χ4v) is 4.89. The molecule has 1 aromatic heterocycles. The van der Waals surface area contributed by atoms with E-state index in [1.54, 1.807) is 12.3 Å². The minimum absolute atomic E-state index is 0.00730. The molecule has 0 spiro atoms. The second-order valence-electron chi connectivity index (χ2n) is 7.61. The van der Waals surface area contributed by atoms with E-state index in [1.807, 2.05) is 67.3 Å². The lowest BCUT2D eigenvalue weighted by atomic mass is 10.1. The van der Waals surface area contributed by atoms with Crippen molar-refractivity contribution in [3.05, 3.63) is 83.6 Å². The fourth-order valence-electron chi connectivity index (χ4n) is 3.41. The van der Waals surface area contributed by atoms with Crippen molar-refractivity contribution in [1.29, 1.82) is 0 Å². The summed E-state index contributed by atoms with van der Waals surface area (Å²) < 4.78 is 27.5. The molecule has 0 fully saturated rings. The molecule has 0 bridgehead atoms. The Bertz CT molecular complexity index is 1190. The number of sulfonamides is 1. The number of aryl methyl sites for hydroxylation is 2. The van der Waals surface area contributed by atoms with Gasteiger partial charge < -0.3 is 10.2 Å². The van der Waals surface area contributed by atoms with Crippen LogP contribution in [-0.2, 0) is 21.4 Å². The predicted octanol–water partition coefficient (Wildman–Crippen LogP) is 3.11. The zero-order valence-corrected chi connectivity index (χ0v) is 18.3. The summed E-state index contributed by atoms with van der Waals surface area (Å²) in [6.07, 6.45) is 1.57. The van der Waals surface area contributed by atoms with Crippen LogP contribution in [0.25, 0.3) is 0 Å². The first-order valence-corrected chi connectivity index (χ1v) is 11.4. The SMILES string of the molecule is Cc1ccc(CNC(=O)CN2CN(c3ccc(C)cc3)c3ncccc3S2(=O)=O)cc1. The number of hydrogen-bond acceptors (Lipinski definition) is 5. The number of amides is 1. The molecule has 2 aromatic carbocycles. The summed E-state index contributed by atoms with van der Waals surface area (Å²) in [6.45, 7) is 4.06. The molecule has 1 aliphatic heterocycles. The van der Waals surface area contributed by atoms with Crippen molar-refractivity contribution in [3.8, 4) is 0 Å². The number of aromatic nitrogens is 1. The van der Waals surface area contributed by atoms with E-state index in [2.05, 4.69) is 10.3 Å². The van der Waals surface area contributed by atoms with Crippen molar-refractivity contribution in [3.63, 3.8) is 0 Å². The van der Waals surface area contributed by atoms with Gasteiger partial charge in [-0.05, 0) is 43.7 Å². The van der Waals surface area contributed by atoms with Crippen molar-refractivity contribution in [2.45, 2.75) is 25.3 Å². The third-order valence-electron chi connectivity index (χ3n) is 5.20. The summed E-state index contributed by atoms with van der Waals surface area (Å²) in [5.74, 6) is 0.00279. The summed E-state index contributed by atoms with van der Waals surface area (Å²) >= 11 is 0. The van der Waals surface area contributed by atoms with Crippen LogP contribution in [0.3, 0.4) is 0 Å². The molecule has 160 valence electrons. The van der Waals surface area contributed by atoms with E-state index >= 15 is 0 Å². The van der Waals surface area contributed by atoms with Crippen LogP contribution in [0.2, 0.25) is 0 Å². The van der Waals surface area contributed by atoms with E-state index in [-0.39, 0.29) is 24.0 Å². The van der Waals surface area contributed by atoms with Crippen LogP contribution in [-0.4, -0.2) is 36.8 Å². The van der Waals surface area contributed by atoms with E-state index in [1.165, 1.54) is 10.4 Å². The highest BCUT2D eigenvalue weighted by Gasteiger charge is 2.37. The quantitative estimate of drug-likeness (QED) is 0.665. The molecule has 7 nitrogen and oxygen atoms in total. The number of nitrogens with zero attached hydrogens (tertiary/aromatic N) is 3. The third-order valence-corrected chi connectivity index (χ3v) is 7.00. The van der Waals surface area contributed by atoms with Gasteiger partial charge in [0.25, 0.3) is 0 Å². The molecule has 0 aliphatic carbocycles. The van der Waals surface area contributed by atoms with Gasteiger partial charge in [0.15, 0.2) is 5.82 Å². The molecule has 0 radical (unpaired) electrons. The van der Waals surface area contributed by atoms with Gasteiger partial charge in [-0.2, -0.15) is 4.31 Å². The number of fused-ring (bicyclic) bond motifs is 1. The molecule has 3 aromatic rings. The van der Waals surface area contributed by atoms with Crippen molar-refractivity contribution in [1.82, 2.24) is 14.6 Å². The molecule has 0 atom stereocenters. The Morgan fingerprint density at radius 1 is 1.00 bits per heavy atom. The van der Waals surface area contributed by atoms with Crippen LogP contribution in [0.4, 0.5) is 11.5 Å². The average molecular weight is 437 g/mol. The second kappa shape index (κ2) is 8.49. The van der Waals surface area contributed by atoms with Crippen LogP contribution < -0.4 is 10.2 Å². The van der Waals surface area contributed by atoms with Crippen LogP contribution in [0.15, 0.2) is 71.8 Å². The minimum Gasteiger partial charge on any atom is -0.351 e. The maximum Gasteiger partial charge on any atom is 0.248 e. The van der Waals surface area contributed by atoms with Gasteiger partial charge in [0.1, 0.15) is 4.90 Å². The van der Waals surface area contributed by atoms with Gasteiger partial charge in [-0.25, -0.2) is 13.4 Å². The zero-order valence-electron chi connectivity index (χ0n) is 17.4. The highest BCUT2D eigenvalue weighted by atomic mass is 32.2. The van der Waals surface area contributed by atoms with Crippen molar-refractivity contribution in [2.75, 3.05) is 18.1 Å². The molecule has 4 rings (SSSR count). The van der Waals surface area contributed by atoms with Gasteiger partial charge in [-0.15, -0.1) is 0 Å². The maximum atomic E-state index is 13.2. The lowest BCUT2D eigenvalue weighted by Crippen LogP contribution is -2.48. The summed E-state index contributed by atoms with van der Waals surface area (Å²) in [7, 11) is -3.85. The van der Waals surface area contributed by atoms with Gasteiger partial charge in [0.2, 0.25) is 15.9 Å². The van der Waals surface area contributed by atoms with Crippen LogP contribution >= 0.6 is 0 Å². The molecule has 1 N–H and O–H groups in total. The topological polar surface area (TPSA) is 82.6 Å². The van der Waals surface area contributed by atoms with Gasteiger partial charge in [-0.1, -0.05) is 47.5 Å². The number of carbonyl (C=O) groups is 1. The molecule has 31 heavy (non-hydrogen) atoms. The Hall–Kier alpha value is -3.23. The smallest absolute Gasteiger partial charge is 0.248 e. The molecule has 0 unspecified atom stereocenters. The lowest BCUT2D eigenvalue weighted by molar-refractivity contribution is -0.121. The number of hydrogen-bond donors (Lipinski definition) is 1. The summed E-state index contributed by atoms with van der Waals surface area (Å²) in [5.41, 5.74) is 4.00. The predicted molar refractivity (Wildman–Crippen MR) is 119 cm³/mol. The molecule has 8 heteroatoms. The lowest BCUT2D eigenvalue weighted by Gasteiger charge is -2.36.